The molecule has 1 aromatic heterocycles. The number of nitrogens with two attached hydrogens (primary N) is 1. The highest BCUT2D eigenvalue weighted by Crippen LogP contribution is 2.05. The molecule has 0 spiro atoms. The summed E-state index contributed by atoms with van der Waals surface area (Å²) in [5, 5.41) is 0. The first-order chi connectivity index (χ1) is 6.13. The number of aromatic nitrogens is 2. The Morgan fingerprint density at radius 3 is 2.38 bits per heavy atom. The highest BCUT2D eigenvalue weighted by Gasteiger charge is 2.18. The van der Waals surface area contributed by atoms with Crippen LogP contribution in [0.15, 0.2) is 18.7 Å². The molecule has 4 heteroatoms. The smallest absolute Gasteiger partial charge is 0.182 e. The Morgan fingerprint density at radius 2 is 1.92 bits per heavy atom. The van der Waals surface area contributed by atoms with Gasteiger partial charge in [-0.3, -0.25) is 4.79 Å². The summed E-state index contributed by atoms with van der Waals surface area (Å²) in [4.78, 5) is 19.1. The van der Waals surface area contributed by atoms with E-state index in [-0.39, 0.29) is 11.7 Å². The minimum Gasteiger partial charge on any atom is -0.321 e. The van der Waals surface area contributed by atoms with Crippen LogP contribution in [0.2, 0.25) is 0 Å². The zero-order valence-electron chi connectivity index (χ0n) is 7.77. The van der Waals surface area contributed by atoms with Crippen molar-refractivity contribution in [2.75, 3.05) is 0 Å². The molecule has 1 aromatic rings. The monoisotopic (exact) mass is 179 g/mol. The Morgan fingerprint density at radius 1 is 1.38 bits per heavy atom. The molecule has 0 aliphatic rings. The SMILES string of the molecule is CC(C)C(N)C(=O)c1cncnc1. The molecule has 0 amide bonds. The molecule has 0 aliphatic carbocycles. The van der Waals surface area contributed by atoms with E-state index in [9.17, 15) is 4.79 Å². The molecule has 4 nitrogen and oxygen atoms in total. The second kappa shape index (κ2) is 4.09. The number of hydrogen-bond acceptors (Lipinski definition) is 4. The Hall–Kier alpha value is -1.29. The van der Waals surface area contributed by atoms with Crippen LogP contribution in [-0.4, -0.2) is 21.8 Å². The Labute approximate surface area is 77.2 Å². The van der Waals surface area contributed by atoms with Gasteiger partial charge in [0.15, 0.2) is 5.78 Å². The van der Waals surface area contributed by atoms with Crippen molar-refractivity contribution in [1.82, 2.24) is 9.97 Å². The van der Waals surface area contributed by atoms with E-state index in [1.54, 1.807) is 0 Å². The molecule has 0 saturated carbocycles. The lowest BCUT2D eigenvalue weighted by molar-refractivity contribution is 0.0940. The van der Waals surface area contributed by atoms with Crippen molar-refractivity contribution in [3.63, 3.8) is 0 Å². The van der Waals surface area contributed by atoms with Crippen LogP contribution in [0, 0.1) is 5.92 Å². The molecule has 2 N–H and O–H groups in total. The molecule has 0 radical (unpaired) electrons. The lowest BCUT2D eigenvalue weighted by Gasteiger charge is -2.13. The summed E-state index contributed by atoms with van der Waals surface area (Å²) >= 11 is 0. The van der Waals surface area contributed by atoms with E-state index in [0.717, 1.165) is 0 Å². The first kappa shape index (κ1) is 9.80. The van der Waals surface area contributed by atoms with Gasteiger partial charge in [-0.2, -0.15) is 0 Å². The second-order valence-electron chi connectivity index (χ2n) is 3.26. The number of ketones is 1. The molecule has 0 fully saturated rings. The summed E-state index contributed by atoms with van der Waals surface area (Å²) in [6.45, 7) is 3.82. The topological polar surface area (TPSA) is 68.9 Å². The van der Waals surface area contributed by atoms with E-state index in [0.29, 0.717) is 5.56 Å². The summed E-state index contributed by atoms with van der Waals surface area (Å²) < 4.78 is 0. The van der Waals surface area contributed by atoms with E-state index in [1.165, 1.54) is 18.7 Å². The normalized spacial score (nSPS) is 12.9. The summed E-state index contributed by atoms with van der Waals surface area (Å²) in [6.07, 6.45) is 4.35. The van der Waals surface area contributed by atoms with Gasteiger partial charge in [0.2, 0.25) is 0 Å². The van der Waals surface area contributed by atoms with Gasteiger partial charge in [-0.15, -0.1) is 0 Å². The van der Waals surface area contributed by atoms with Crippen LogP contribution in [-0.2, 0) is 0 Å². The Balaban J connectivity index is 2.80. The van der Waals surface area contributed by atoms with Crippen molar-refractivity contribution in [3.8, 4) is 0 Å². The van der Waals surface area contributed by atoms with E-state index < -0.39 is 6.04 Å². The van der Waals surface area contributed by atoms with Crippen LogP contribution in [0.25, 0.3) is 0 Å². The fourth-order valence-electron chi connectivity index (χ4n) is 0.922. The van der Waals surface area contributed by atoms with Gasteiger partial charge in [0, 0.05) is 12.4 Å². The fourth-order valence-corrected chi connectivity index (χ4v) is 0.922. The second-order valence-corrected chi connectivity index (χ2v) is 3.26. The van der Waals surface area contributed by atoms with Crippen LogP contribution in [0.1, 0.15) is 24.2 Å². The average Bonchev–Trinajstić information content (AvgIpc) is 2.17. The first-order valence-corrected chi connectivity index (χ1v) is 4.17. The molecule has 70 valence electrons. The van der Waals surface area contributed by atoms with E-state index in [4.69, 9.17) is 5.73 Å². The van der Waals surface area contributed by atoms with Crippen molar-refractivity contribution >= 4 is 5.78 Å². The third-order valence-electron chi connectivity index (χ3n) is 1.87. The van der Waals surface area contributed by atoms with Gasteiger partial charge in [0.25, 0.3) is 0 Å². The van der Waals surface area contributed by atoms with Crippen molar-refractivity contribution in [2.24, 2.45) is 11.7 Å². The summed E-state index contributed by atoms with van der Waals surface area (Å²) in [7, 11) is 0. The minimum atomic E-state index is -0.467. The van der Waals surface area contributed by atoms with Gasteiger partial charge in [0.05, 0.1) is 11.6 Å². The highest BCUT2D eigenvalue weighted by molar-refractivity contribution is 5.99. The third kappa shape index (κ3) is 2.32. The average molecular weight is 179 g/mol. The van der Waals surface area contributed by atoms with E-state index >= 15 is 0 Å². The lowest BCUT2D eigenvalue weighted by atomic mass is 9.98. The molecule has 1 rings (SSSR count). The van der Waals surface area contributed by atoms with Crippen molar-refractivity contribution in [1.29, 1.82) is 0 Å². The Bertz CT molecular complexity index is 284. The molecular weight excluding hydrogens is 166 g/mol. The molecule has 1 heterocycles. The zero-order valence-corrected chi connectivity index (χ0v) is 7.77. The summed E-state index contributed by atoms with van der Waals surface area (Å²) in [6, 6.07) is -0.467. The largest absolute Gasteiger partial charge is 0.321 e. The molecule has 1 unspecified atom stereocenters. The van der Waals surface area contributed by atoms with E-state index in [1.807, 2.05) is 13.8 Å². The van der Waals surface area contributed by atoms with Gasteiger partial charge in [-0.05, 0) is 5.92 Å². The Kier molecular flexibility index (Phi) is 3.08. The number of Topliss-reactive ketones (excluding diaryl/α,β-unsaturated/α-hetero) is 1. The quantitative estimate of drug-likeness (QED) is 0.691. The van der Waals surface area contributed by atoms with Crippen molar-refractivity contribution < 1.29 is 4.79 Å². The summed E-state index contributed by atoms with van der Waals surface area (Å²) in [5.74, 6) is 0.0308. The zero-order chi connectivity index (χ0) is 9.84. The van der Waals surface area contributed by atoms with Crippen LogP contribution in [0.3, 0.4) is 0 Å². The molecule has 0 saturated heterocycles. The number of hydrogen-bond donors (Lipinski definition) is 1. The van der Waals surface area contributed by atoms with Gasteiger partial charge < -0.3 is 5.73 Å². The predicted molar refractivity (Wildman–Crippen MR) is 49.2 cm³/mol. The highest BCUT2D eigenvalue weighted by atomic mass is 16.1. The minimum absolute atomic E-state index is 0.101. The van der Waals surface area contributed by atoms with E-state index in [2.05, 4.69) is 9.97 Å². The van der Waals surface area contributed by atoms with Crippen LogP contribution in [0.5, 0.6) is 0 Å². The van der Waals surface area contributed by atoms with Crippen LogP contribution >= 0.6 is 0 Å². The van der Waals surface area contributed by atoms with Crippen LogP contribution < -0.4 is 5.73 Å². The molecule has 13 heavy (non-hydrogen) atoms. The molecule has 0 aromatic carbocycles. The first-order valence-electron chi connectivity index (χ1n) is 4.17. The maximum absolute atomic E-state index is 11.6. The summed E-state index contributed by atoms with van der Waals surface area (Å²) in [5.41, 5.74) is 6.16. The van der Waals surface area contributed by atoms with Gasteiger partial charge in [-0.25, -0.2) is 9.97 Å². The number of nitrogens with zero attached hydrogens (tertiary/aromatic N) is 2. The molecule has 0 bridgehead atoms. The predicted octanol–water partition coefficient (Wildman–Crippen LogP) is 0.643. The number of rotatable bonds is 3. The van der Waals surface area contributed by atoms with Crippen molar-refractivity contribution in [2.45, 2.75) is 19.9 Å². The molecule has 0 aliphatic heterocycles. The molecular formula is C9H13N3O. The van der Waals surface area contributed by atoms with Gasteiger partial charge in [-0.1, -0.05) is 13.8 Å². The van der Waals surface area contributed by atoms with Crippen molar-refractivity contribution in [3.05, 3.63) is 24.3 Å². The van der Waals surface area contributed by atoms with Gasteiger partial charge in [0.1, 0.15) is 6.33 Å². The number of carbonyl (C=O) groups is 1. The number of carbonyl (C=O) groups excluding carboxylic acids is 1. The fraction of sp³-hybridized carbons (Fsp3) is 0.444. The maximum Gasteiger partial charge on any atom is 0.182 e. The standard InChI is InChI=1S/C9H13N3O/c1-6(2)8(10)9(13)7-3-11-5-12-4-7/h3-6,8H,10H2,1-2H3. The van der Waals surface area contributed by atoms with Crippen LogP contribution in [0.4, 0.5) is 0 Å². The third-order valence-corrected chi connectivity index (χ3v) is 1.87. The maximum atomic E-state index is 11.6. The lowest BCUT2D eigenvalue weighted by Crippen LogP contribution is -2.35. The van der Waals surface area contributed by atoms with Gasteiger partial charge >= 0.3 is 0 Å². The molecule has 1 atom stereocenters.